The monoisotopic (exact) mass is 479 g/mol. The predicted molar refractivity (Wildman–Crippen MR) is 130 cm³/mol. The van der Waals surface area contributed by atoms with E-state index in [4.69, 9.17) is 9.47 Å². The van der Waals surface area contributed by atoms with Crippen molar-refractivity contribution in [3.63, 3.8) is 0 Å². The Bertz CT molecular complexity index is 1310. The lowest BCUT2D eigenvalue weighted by Crippen LogP contribution is -2.42. The summed E-state index contributed by atoms with van der Waals surface area (Å²) in [4.78, 5) is 12.0. The first kappa shape index (κ1) is 23.2. The number of anilines is 1. The summed E-state index contributed by atoms with van der Waals surface area (Å²) in [7, 11) is -0.493. The van der Waals surface area contributed by atoms with E-state index in [0.717, 1.165) is 0 Å². The van der Waals surface area contributed by atoms with E-state index in [0.29, 0.717) is 39.8 Å². The number of amides is 1. The number of methoxy groups -OCH3 is 1. The topological polar surface area (TPSA) is 97.0 Å². The molecule has 34 heavy (non-hydrogen) atoms. The summed E-state index contributed by atoms with van der Waals surface area (Å²) in [5.41, 5.74) is 4.91. The fraction of sp³-hybridized carbons (Fsp3) is 0.160. The first-order valence-electron chi connectivity index (χ1n) is 10.6. The molecular weight excluding hydrogens is 454 g/mol. The van der Waals surface area contributed by atoms with Gasteiger partial charge in [-0.2, -0.15) is 0 Å². The number of hydrogen-bond donors (Lipinski definition) is 2. The second-order valence-corrected chi connectivity index (χ2v) is 9.44. The van der Waals surface area contributed by atoms with Gasteiger partial charge >= 0.3 is 0 Å². The van der Waals surface area contributed by atoms with Crippen LogP contribution < -0.4 is 14.9 Å². The molecule has 1 aliphatic heterocycles. The molecule has 0 unspecified atom stereocenters. The number of nitrogens with one attached hydrogen (secondary N) is 2. The summed E-state index contributed by atoms with van der Waals surface area (Å²) in [6.45, 7) is 0. The van der Waals surface area contributed by atoms with E-state index in [1.807, 2.05) is 36.4 Å². The van der Waals surface area contributed by atoms with Crippen LogP contribution in [0.4, 0.5) is 5.69 Å². The molecule has 0 saturated carbocycles. The highest BCUT2D eigenvalue weighted by Crippen LogP contribution is 2.37. The van der Waals surface area contributed by atoms with Crippen LogP contribution in [0.1, 0.15) is 17.5 Å². The highest BCUT2D eigenvalue weighted by Gasteiger charge is 2.27. The number of rotatable bonds is 8. The van der Waals surface area contributed by atoms with Crippen LogP contribution in [0.25, 0.3) is 5.70 Å². The third kappa shape index (κ3) is 5.49. The molecule has 3 aromatic rings. The minimum atomic E-state index is -3.67. The molecule has 0 radical (unpaired) electrons. The van der Waals surface area contributed by atoms with Crippen molar-refractivity contribution in [3.05, 3.63) is 95.7 Å². The maximum Gasteiger partial charge on any atom is 0.246 e. The summed E-state index contributed by atoms with van der Waals surface area (Å²) in [6.07, 6.45) is 0.0465. The molecule has 3 aromatic carbocycles. The number of carbonyl (C=O) groups is 1. The summed E-state index contributed by atoms with van der Waals surface area (Å²) >= 11 is 0. The number of para-hydroxylation sites is 1. The fourth-order valence-corrected chi connectivity index (χ4v) is 4.88. The van der Waals surface area contributed by atoms with Crippen molar-refractivity contribution in [2.75, 3.05) is 18.9 Å². The number of carbonyl (C=O) groups excluding carboxylic acids is 1. The molecule has 0 spiro atoms. The van der Waals surface area contributed by atoms with Crippen molar-refractivity contribution >= 4 is 27.3 Å². The zero-order chi connectivity index (χ0) is 24.1. The number of ether oxygens (including phenoxy) is 2. The van der Waals surface area contributed by atoms with E-state index in [1.165, 1.54) is 7.11 Å². The number of hydrogen-bond acceptors (Lipinski definition) is 6. The lowest BCUT2D eigenvalue weighted by molar-refractivity contribution is -0.125. The van der Waals surface area contributed by atoms with E-state index in [9.17, 15) is 13.2 Å². The van der Waals surface area contributed by atoms with E-state index in [-0.39, 0.29) is 18.1 Å². The Morgan fingerprint density at radius 3 is 2.35 bits per heavy atom. The highest BCUT2D eigenvalue weighted by molar-refractivity contribution is 7.91. The maximum atomic E-state index is 12.8. The Hall–Kier alpha value is -3.98. The molecule has 0 fully saturated rings. The summed E-state index contributed by atoms with van der Waals surface area (Å²) < 4.78 is 39.9. The van der Waals surface area contributed by atoms with Gasteiger partial charge in [0, 0.05) is 18.3 Å². The van der Waals surface area contributed by atoms with Crippen LogP contribution in [-0.4, -0.2) is 33.5 Å². The van der Waals surface area contributed by atoms with E-state index in [1.54, 1.807) is 54.5 Å². The van der Waals surface area contributed by atoms with Crippen LogP contribution in [0.5, 0.6) is 11.5 Å². The van der Waals surface area contributed by atoms with Crippen LogP contribution in [0.2, 0.25) is 0 Å². The van der Waals surface area contributed by atoms with Crippen molar-refractivity contribution < 1.29 is 22.7 Å². The molecule has 0 saturated heterocycles. The number of sulfonamides is 1. The van der Waals surface area contributed by atoms with Crippen molar-refractivity contribution in [2.24, 2.45) is 0 Å². The van der Waals surface area contributed by atoms with Crippen LogP contribution in [0, 0.1) is 0 Å². The average molecular weight is 480 g/mol. The first-order chi connectivity index (χ1) is 16.3. The van der Waals surface area contributed by atoms with Gasteiger partial charge in [-0.1, -0.05) is 48.5 Å². The Morgan fingerprint density at radius 1 is 1.00 bits per heavy atom. The van der Waals surface area contributed by atoms with Crippen LogP contribution >= 0.6 is 0 Å². The quantitative estimate of drug-likeness (QED) is 0.505. The smallest absolute Gasteiger partial charge is 0.246 e. The van der Waals surface area contributed by atoms with Gasteiger partial charge < -0.3 is 9.47 Å². The minimum absolute atomic E-state index is 0.0465. The molecule has 176 valence electrons. The van der Waals surface area contributed by atoms with Crippen LogP contribution in [-0.2, 0) is 25.3 Å². The SMILES string of the molecule is COC1=C(c2cc(NS(=O)(=O)Cc3ccccc3)ccc2Oc2ccccc2)N(C)NC(=O)C1. The first-order valence-corrected chi connectivity index (χ1v) is 12.2. The largest absolute Gasteiger partial charge is 0.498 e. The van der Waals surface area contributed by atoms with E-state index < -0.39 is 10.0 Å². The van der Waals surface area contributed by atoms with Crippen LogP contribution in [0.15, 0.2) is 84.6 Å². The molecule has 0 bridgehead atoms. The van der Waals surface area contributed by atoms with Gasteiger partial charge in [0.05, 0.1) is 19.3 Å². The molecule has 1 aliphatic rings. The Morgan fingerprint density at radius 2 is 1.68 bits per heavy atom. The van der Waals surface area contributed by atoms with Gasteiger partial charge in [0.1, 0.15) is 23.0 Å². The summed E-state index contributed by atoms with van der Waals surface area (Å²) in [5.74, 6) is 1.16. The normalized spacial score (nSPS) is 13.9. The fourth-order valence-electron chi connectivity index (χ4n) is 3.69. The van der Waals surface area contributed by atoms with Crippen molar-refractivity contribution in [1.82, 2.24) is 10.4 Å². The van der Waals surface area contributed by atoms with Gasteiger partial charge in [0.25, 0.3) is 0 Å². The van der Waals surface area contributed by atoms with Gasteiger partial charge in [-0.15, -0.1) is 0 Å². The molecule has 2 N–H and O–H groups in total. The number of nitrogens with zero attached hydrogens (tertiary/aromatic N) is 1. The third-order valence-corrected chi connectivity index (χ3v) is 6.40. The third-order valence-electron chi connectivity index (χ3n) is 5.14. The molecule has 4 rings (SSSR count). The molecule has 0 atom stereocenters. The summed E-state index contributed by atoms with van der Waals surface area (Å²) in [6, 6.07) is 23.2. The molecular formula is C25H25N3O5S. The van der Waals surface area contributed by atoms with Crippen molar-refractivity contribution in [1.29, 1.82) is 0 Å². The minimum Gasteiger partial charge on any atom is -0.498 e. The van der Waals surface area contributed by atoms with Gasteiger partial charge in [0.2, 0.25) is 15.9 Å². The zero-order valence-corrected chi connectivity index (χ0v) is 19.6. The summed E-state index contributed by atoms with van der Waals surface area (Å²) in [5, 5.41) is 1.54. The van der Waals surface area contributed by atoms with Crippen LogP contribution in [0.3, 0.4) is 0 Å². The number of benzene rings is 3. The number of hydrazine groups is 1. The maximum absolute atomic E-state index is 12.8. The Labute approximate surface area is 198 Å². The lowest BCUT2D eigenvalue weighted by Gasteiger charge is -2.31. The molecule has 0 aromatic heterocycles. The molecule has 1 heterocycles. The molecule has 8 nitrogen and oxygen atoms in total. The van der Waals surface area contributed by atoms with Gasteiger partial charge in [0.15, 0.2) is 0 Å². The Kier molecular flexibility index (Phi) is 6.74. The van der Waals surface area contributed by atoms with Gasteiger partial charge in [-0.3, -0.25) is 20.0 Å². The van der Waals surface area contributed by atoms with E-state index >= 15 is 0 Å². The van der Waals surface area contributed by atoms with Crippen molar-refractivity contribution in [2.45, 2.75) is 12.2 Å². The molecule has 1 amide bonds. The van der Waals surface area contributed by atoms with Crippen molar-refractivity contribution in [3.8, 4) is 11.5 Å². The Balaban J connectivity index is 1.74. The second kappa shape index (κ2) is 9.88. The zero-order valence-electron chi connectivity index (χ0n) is 18.8. The standard InChI is InChI=1S/C25H25N3O5S/c1-28-25(23(32-2)16-24(29)26-28)21-15-19(13-14-22(21)33-20-11-7-4-8-12-20)27-34(30,31)17-18-9-5-3-6-10-18/h3-15,27H,16-17H2,1-2H3,(H,26,29). The predicted octanol–water partition coefficient (Wildman–Crippen LogP) is 4.10. The molecule has 0 aliphatic carbocycles. The highest BCUT2D eigenvalue weighted by atomic mass is 32.2. The lowest BCUT2D eigenvalue weighted by atomic mass is 10.1. The van der Waals surface area contributed by atoms with E-state index in [2.05, 4.69) is 10.1 Å². The average Bonchev–Trinajstić information content (AvgIpc) is 2.80. The van der Waals surface area contributed by atoms with Gasteiger partial charge in [-0.25, -0.2) is 8.42 Å². The van der Waals surface area contributed by atoms with Gasteiger partial charge in [-0.05, 0) is 35.9 Å². The molecule has 9 heteroatoms. The second-order valence-electron chi connectivity index (χ2n) is 7.72.